The maximum atomic E-state index is 12.3. The van der Waals surface area contributed by atoms with Crippen molar-refractivity contribution < 1.29 is 24.2 Å². The second-order valence-corrected chi connectivity index (χ2v) is 17.9. The average Bonchev–Trinajstić information content (AvgIpc) is 3.30. The van der Waals surface area contributed by atoms with Gasteiger partial charge in [0.1, 0.15) is 6.61 Å². The number of carbonyl (C=O) groups is 2. The van der Waals surface area contributed by atoms with Gasteiger partial charge in [0.15, 0.2) is 6.10 Å². The Morgan fingerprint density at radius 2 is 0.672 bits per heavy atom. The van der Waals surface area contributed by atoms with Crippen LogP contribution in [-0.4, -0.2) is 36.4 Å². The van der Waals surface area contributed by atoms with Crippen LogP contribution in [0.3, 0.4) is 0 Å². The number of hydrogen-bond donors (Lipinski definition) is 1. The molecule has 0 aromatic carbocycles. The fourth-order valence-corrected chi connectivity index (χ4v) is 7.61. The highest BCUT2D eigenvalue weighted by Crippen LogP contribution is 2.15. The Bertz CT molecular complexity index is 1190. The maximum Gasteiger partial charge on any atom is 0.306 e. The Kier molecular flexibility index (Phi) is 51.9. The molecule has 0 aromatic heterocycles. The first-order chi connectivity index (χ1) is 31.6. The largest absolute Gasteiger partial charge is 0.462 e. The van der Waals surface area contributed by atoms with Gasteiger partial charge < -0.3 is 14.6 Å². The van der Waals surface area contributed by atoms with Crippen molar-refractivity contribution in [2.75, 3.05) is 13.2 Å². The van der Waals surface area contributed by atoms with E-state index in [-0.39, 0.29) is 25.2 Å². The number of aliphatic hydroxyl groups is 1. The number of hydrogen-bond acceptors (Lipinski definition) is 5. The van der Waals surface area contributed by atoms with Crippen molar-refractivity contribution in [1.82, 2.24) is 0 Å². The van der Waals surface area contributed by atoms with Crippen molar-refractivity contribution in [2.24, 2.45) is 0 Å². The lowest BCUT2D eigenvalue weighted by molar-refractivity contribution is -0.161. The maximum absolute atomic E-state index is 12.3. The van der Waals surface area contributed by atoms with E-state index in [2.05, 4.69) is 98.9 Å². The molecule has 0 spiro atoms. The summed E-state index contributed by atoms with van der Waals surface area (Å²) >= 11 is 0. The molecule has 0 radical (unpaired) electrons. The summed E-state index contributed by atoms with van der Waals surface area (Å²) in [7, 11) is 0. The minimum atomic E-state index is -0.777. The van der Waals surface area contributed by atoms with Gasteiger partial charge in [-0.05, 0) is 89.9 Å². The van der Waals surface area contributed by atoms with Crippen LogP contribution in [-0.2, 0) is 19.1 Å². The zero-order chi connectivity index (χ0) is 46.3. The van der Waals surface area contributed by atoms with Crippen molar-refractivity contribution in [2.45, 2.75) is 264 Å². The lowest BCUT2D eigenvalue weighted by Gasteiger charge is -2.15. The number of rotatable bonds is 49. The lowest BCUT2D eigenvalue weighted by Crippen LogP contribution is -2.28. The molecule has 368 valence electrons. The summed E-state index contributed by atoms with van der Waals surface area (Å²) < 4.78 is 10.7. The predicted octanol–water partition coefficient (Wildman–Crippen LogP) is 18.2. The van der Waals surface area contributed by atoms with Crippen LogP contribution in [0.2, 0.25) is 0 Å². The van der Waals surface area contributed by atoms with E-state index < -0.39 is 6.10 Å². The third-order valence-electron chi connectivity index (χ3n) is 11.7. The summed E-state index contributed by atoms with van der Waals surface area (Å²) in [5.74, 6) is -0.592. The highest BCUT2D eigenvalue weighted by molar-refractivity contribution is 5.70. The average molecular weight is 891 g/mol. The number of ether oxygens (including phenoxy) is 2. The van der Waals surface area contributed by atoms with E-state index in [1.54, 1.807) is 0 Å². The van der Waals surface area contributed by atoms with Gasteiger partial charge in [0.25, 0.3) is 0 Å². The Balaban J connectivity index is 3.50. The Labute approximate surface area is 396 Å². The minimum absolute atomic E-state index is 0.0692. The molecule has 1 N–H and O–H groups in total. The van der Waals surface area contributed by atoms with E-state index in [9.17, 15) is 14.7 Å². The van der Waals surface area contributed by atoms with E-state index in [1.165, 1.54) is 154 Å². The summed E-state index contributed by atoms with van der Waals surface area (Å²) in [6.45, 7) is 4.03. The van der Waals surface area contributed by atoms with Crippen molar-refractivity contribution >= 4 is 11.9 Å². The first-order valence-electron chi connectivity index (χ1n) is 27.1. The van der Waals surface area contributed by atoms with Gasteiger partial charge in [0.05, 0.1) is 6.61 Å². The highest BCUT2D eigenvalue weighted by atomic mass is 16.6. The number of aliphatic hydroxyl groups excluding tert-OH is 1. The molecule has 1 atom stereocenters. The minimum Gasteiger partial charge on any atom is -0.462 e. The SMILES string of the molecule is CC/C=C\C/C=C\C/C=C\C/C=C\C/C=C\C/C=C\CCCCCCCCCCCCCCCCC(=O)OC(CO)COC(=O)CCCCCCCCC/C=C\CCCCCCCC. The zero-order valence-electron chi connectivity index (χ0n) is 42.0. The molecule has 0 saturated heterocycles. The van der Waals surface area contributed by atoms with Crippen LogP contribution >= 0.6 is 0 Å². The van der Waals surface area contributed by atoms with E-state index >= 15 is 0 Å². The van der Waals surface area contributed by atoms with Crippen LogP contribution in [0.1, 0.15) is 258 Å². The molecule has 0 aliphatic carbocycles. The van der Waals surface area contributed by atoms with Gasteiger partial charge >= 0.3 is 11.9 Å². The van der Waals surface area contributed by atoms with Crippen molar-refractivity contribution in [3.63, 3.8) is 0 Å². The molecule has 0 heterocycles. The van der Waals surface area contributed by atoms with E-state index in [1.807, 2.05) is 0 Å². The Morgan fingerprint density at radius 3 is 1.03 bits per heavy atom. The summed E-state index contributed by atoms with van der Waals surface area (Å²) in [5.41, 5.74) is 0. The fourth-order valence-electron chi connectivity index (χ4n) is 7.61. The van der Waals surface area contributed by atoms with Gasteiger partial charge in [-0.3, -0.25) is 9.59 Å². The molecule has 0 aliphatic heterocycles. The van der Waals surface area contributed by atoms with E-state index in [0.29, 0.717) is 12.8 Å². The van der Waals surface area contributed by atoms with Gasteiger partial charge in [0, 0.05) is 12.8 Å². The first kappa shape index (κ1) is 61.1. The summed E-state index contributed by atoms with van der Waals surface area (Å²) in [4.78, 5) is 24.5. The second-order valence-electron chi connectivity index (χ2n) is 17.9. The van der Waals surface area contributed by atoms with Crippen molar-refractivity contribution in [3.8, 4) is 0 Å². The van der Waals surface area contributed by atoms with Crippen LogP contribution in [0, 0.1) is 0 Å². The molecule has 0 aromatic rings. The van der Waals surface area contributed by atoms with Gasteiger partial charge in [0.2, 0.25) is 0 Å². The van der Waals surface area contributed by atoms with Crippen LogP contribution in [0.15, 0.2) is 85.1 Å². The Morgan fingerprint density at radius 1 is 0.375 bits per heavy atom. The second kappa shape index (κ2) is 54.4. The highest BCUT2D eigenvalue weighted by Gasteiger charge is 2.16. The molecule has 0 amide bonds. The molecule has 0 bridgehead atoms. The lowest BCUT2D eigenvalue weighted by atomic mass is 10.0. The predicted molar refractivity (Wildman–Crippen MR) is 279 cm³/mol. The molecule has 0 rings (SSSR count). The molecule has 0 saturated carbocycles. The molecule has 1 unspecified atom stereocenters. The number of carbonyl (C=O) groups excluding carboxylic acids is 2. The van der Waals surface area contributed by atoms with Crippen LogP contribution in [0.25, 0.3) is 0 Å². The van der Waals surface area contributed by atoms with Gasteiger partial charge in [-0.15, -0.1) is 0 Å². The zero-order valence-corrected chi connectivity index (χ0v) is 42.0. The molecule has 0 aliphatic rings. The quantitative estimate of drug-likeness (QED) is 0.0374. The standard InChI is InChI=1S/C59H102O5/c1-3-5-7-9-11-13-15-17-19-21-22-23-24-25-26-27-28-29-30-31-32-33-34-35-36-38-40-42-44-46-48-50-52-54-59(62)64-57(55-60)56-63-58(61)53-51-49-47-45-43-41-39-37-20-18-16-14-12-10-8-6-4-2/h5,7,11,13,17-20,22-23,25-26,28-29,57,60H,3-4,6,8-10,12,14-16,21,24,27,30-56H2,1-2H3/b7-5-,13-11-,19-17-,20-18-,23-22-,26-25-,29-28-. The van der Waals surface area contributed by atoms with Crippen LogP contribution < -0.4 is 0 Å². The van der Waals surface area contributed by atoms with E-state index in [0.717, 1.165) is 77.0 Å². The number of unbranched alkanes of at least 4 members (excludes halogenated alkanes) is 27. The fraction of sp³-hybridized carbons (Fsp3) is 0.729. The summed E-state index contributed by atoms with van der Waals surface area (Å²) in [5, 5.41) is 9.63. The van der Waals surface area contributed by atoms with Crippen LogP contribution in [0.4, 0.5) is 0 Å². The first-order valence-corrected chi connectivity index (χ1v) is 27.1. The van der Waals surface area contributed by atoms with Crippen LogP contribution in [0.5, 0.6) is 0 Å². The third-order valence-corrected chi connectivity index (χ3v) is 11.7. The van der Waals surface area contributed by atoms with Gasteiger partial charge in [-0.1, -0.05) is 240 Å². The summed E-state index contributed by atoms with van der Waals surface area (Å²) in [6.07, 6.45) is 75.4. The third kappa shape index (κ3) is 51.7. The van der Waals surface area contributed by atoms with Crippen molar-refractivity contribution in [3.05, 3.63) is 85.1 Å². The topological polar surface area (TPSA) is 72.8 Å². The van der Waals surface area contributed by atoms with Gasteiger partial charge in [-0.2, -0.15) is 0 Å². The molecular formula is C59H102O5. The smallest absolute Gasteiger partial charge is 0.306 e. The monoisotopic (exact) mass is 891 g/mol. The molecule has 0 fully saturated rings. The molecule has 64 heavy (non-hydrogen) atoms. The Hall–Kier alpha value is -2.92. The molecular weight excluding hydrogens is 789 g/mol. The van der Waals surface area contributed by atoms with Gasteiger partial charge in [-0.25, -0.2) is 0 Å². The number of esters is 2. The number of allylic oxidation sites excluding steroid dienone is 14. The molecule has 5 heteroatoms. The summed E-state index contributed by atoms with van der Waals surface area (Å²) in [6, 6.07) is 0. The van der Waals surface area contributed by atoms with E-state index in [4.69, 9.17) is 9.47 Å². The normalized spacial score (nSPS) is 12.9. The van der Waals surface area contributed by atoms with Crippen molar-refractivity contribution in [1.29, 1.82) is 0 Å². The molecule has 5 nitrogen and oxygen atoms in total.